The standard InChI is InChI=1S/C13H14O/c1-9-6-7-12-10-4-2-3-5-11(10)13(8-9)14-12/h2-5,12-13H,1,6-8H2. The molecule has 3 rings (SSSR count). The fraction of sp³-hybridized carbons (Fsp3) is 0.385. The largest absolute Gasteiger partial charge is 0.365 e. The summed E-state index contributed by atoms with van der Waals surface area (Å²) in [5.74, 6) is 0. The minimum Gasteiger partial charge on any atom is -0.365 e. The van der Waals surface area contributed by atoms with Crippen LogP contribution in [0.1, 0.15) is 42.6 Å². The van der Waals surface area contributed by atoms with Crippen LogP contribution < -0.4 is 0 Å². The molecule has 1 aromatic carbocycles. The lowest BCUT2D eigenvalue weighted by atomic mass is 9.91. The highest BCUT2D eigenvalue weighted by molar-refractivity contribution is 5.36. The first-order valence-electron chi connectivity index (χ1n) is 5.25. The Morgan fingerprint density at radius 1 is 1.14 bits per heavy atom. The van der Waals surface area contributed by atoms with Crippen LogP contribution in [0, 0.1) is 0 Å². The van der Waals surface area contributed by atoms with Crippen LogP contribution >= 0.6 is 0 Å². The van der Waals surface area contributed by atoms with Crippen molar-refractivity contribution in [3.8, 4) is 0 Å². The van der Waals surface area contributed by atoms with Gasteiger partial charge < -0.3 is 4.74 Å². The van der Waals surface area contributed by atoms with E-state index < -0.39 is 0 Å². The number of benzene rings is 1. The van der Waals surface area contributed by atoms with Crippen molar-refractivity contribution in [1.29, 1.82) is 0 Å². The maximum atomic E-state index is 6.00. The molecule has 2 heterocycles. The Labute approximate surface area is 84.4 Å². The Kier molecular flexibility index (Phi) is 1.74. The highest BCUT2D eigenvalue weighted by atomic mass is 16.5. The lowest BCUT2D eigenvalue weighted by molar-refractivity contribution is 0.0173. The van der Waals surface area contributed by atoms with E-state index in [1.807, 2.05) is 0 Å². The van der Waals surface area contributed by atoms with Gasteiger partial charge in [0.15, 0.2) is 0 Å². The molecule has 2 unspecified atom stereocenters. The van der Waals surface area contributed by atoms with Gasteiger partial charge in [0.1, 0.15) is 0 Å². The molecule has 0 spiro atoms. The van der Waals surface area contributed by atoms with Crippen molar-refractivity contribution in [2.24, 2.45) is 0 Å². The van der Waals surface area contributed by atoms with E-state index in [-0.39, 0.29) is 6.10 Å². The third-order valence-electron chi connectivity index (χ3n) is 3.25. The molecular weight excluding hydrogens is 172 g/mol. The summed E-state index contributed by atoms with van der Waals surface area (Å²) in [7, 11) is 0. The Morgan fingerprint density at radius 2 is 1.86 bits per heavy atom. The molecule has 14 heavy (non-hydrogen) atoms. The normalized spacial score (nSPS) is 29.9. The Hall–Kier alpha value is -1.08. The van der Waals surface area contributed by atoms with Crippen molar-refractivity contribution >= 4 is 0 Å². The highest BCUT2D eigenvalue weighted by Gasteiger charge is 2.33. The topological polar surface area (TPSA) is 9.23 Å². The number of rotatable bonds is 0. The Balaban J connectivity index is 2.08. The molecule has 1 nitrogen and oxygen atoms in total. The fourth-order valence-electron chi connectivity index (χ4n) is 2.52. The van der Waals surface area contributed by atoms with Gasteiger partial charge in [-0.3, -0.25) is 0 Å². The molecule has 0 radical (unpaired) electrons. The third-order valence-corrected chi connectivity index (χ3v) is 3.25. The van der Waals surface area contributed by atoms with Gasteiger partial charge >= 0.3 is 0 Å². The second-order valence-corrected chi connectivity index (χ2v) is 4.24. The zero-order valence-corrected chi connectivity index (χ0v) is 8.20. The Bertz CT molecular complexity index is 381. The van der Waals surface area contributed by atoms with E-state index in [9.17, 15) is 0 Å². The van der Waals surface area contributed by atoms with E-state index in [0.29, 0.717) is 6.10 Å². The van der Waals surface area contributed by atoms with E-state index in [0.717, 1.165) is 19.3 Å². The Morgan fingerprint density at radius 3 is 2.64 bits per heavy atom. The highest BCUT2D eigenvalue weighted by Crippen LogP contribution is 2.47. The van der Waals surface area contributed by atoms with Crippen molar-refractivity contribution in [2.45, 2.75) is 31.5 Å². The number of ether oxygens (including phenoxy) is 1. The SMILES string of the molecule is C=C1CCC2OC(C1)c1ccccc12. The molecule has 0 aromatic heterocycles. The molecule has 2 bridgehead atoms. The first-order chi connectivity index (χ1) is 6.84. The second kappa shape index (κ2) is 2.96. The molecular formula is C13H14O. The monoisotopic (exact) mass is 186 g/mol. The molecule has 2 aliphatic rings. The lowest BCUT2D eigenvalue weighted by Crippen LogP contribution is -1.96. The molecule has 2 aliphatic heterocycles. The van der Waals surface area contributed by atoms with Gasteiger partial charge in [-0.25, -0.2) is 0 Å². The number of fused-ring (bicyclic) bond motifs is 5. The fourth-order valence-corrected chi connectivity index (χ4v) is 2.52. The van der Waals surface area contributed by atoms with Gasteiger partial charge in [0.05, 0.1) is 12.2 Å². The van der Waals surface area contributed by atoms with Crippen molar-refractivity contribution in [3.05, 3.63) is 47.5 Å². The molecule has 2 atom stereocenters. The summed E-state index contributed by atoms with van der Waals surface area (Å²) in [6.07, 6.45) is 3.84. The summed E-state index contributed by atoms with van der Waals surface area (Å²) in [6, 6.07) is 8.60. The van der Waals surface area contributed by atoms with Crippen LogP contribution in [0.4, 0.5) is 0 Å². The minimum absolute atomic E-state index is 0.284. The van der Waals surface area contributed by atoms with E-state index in [4.69, 9.17) is 4.74 Å². The number of hydrogen-bond acceptors (Lipinski definition) is 1. The predicted octanol–water partition coefficient (Wildman–Crippen LogP) is 3.54. The van der Waals surface area contributed by atoms with Gasteiger partial charge in [0.2, 0.25) is 0 Å². The zero-order chi connectivity index (χ0) is 9.54. The van der Waals surface area contributed by atoms with Crippen molar-refractivity contribution in [2.75, 3.05) is 0 Å². The van der Waals surface area contributed by atoms with Crippen molar-refractivity contribution < 1.29 is 4.74 Å². The average Bonchev–Trinajstić information content (AvgIpc) is 2.40. The van der Waals surface area contributed by atoms with Gasteiger partial charge in [0, 0.05) is 0 Å². The van der Waals surface area contributed by atoms with Gasteiger partial charge in [-0.1, -0.05) is 36.4 Å². The van der Waals surface area contributed by atoms with Crippen LogP contribution in [0.15, 0.2) is 36.4 Å². The molecule has 0 amide bonds. The van der Waals surface area contributed by atoms with Crippen LogP contribution in [-0.4, -0.2) is 0 Å². The maximum Gasteiger partial charge on any atom is 0.0873 e. The lowest BCUT2D eigenvalue weighted by Gasteiger charge is -2.11. The molecule has 1 heteroatoms. The summed E-state index contributed by atoms with van der Waals surface area (Å²) in [4.78, 5) is 0. The minimum atomic E-state index is 0.284. The van der Waals surface area contributed by atoms with Crippen LogP contribution in [0.2, 0.25) is 0 Å². The zero-order valence-electron chi connectivity index (χ0n) is 8.20. The van der Waals surface area contributed by atoms with Crippen LogP contribution in [0.3, 0.4) is 0 Å². The molecule has 1 saturated heterocycles. The summed E-state index contributed by atoms with van der Waals surface area (Å²) in [6.45, 7) is 4.09. The van der Waals surface area contributed by atoms with Crippen LogP contribution in [0.5, 0.6) is 0 Å². The van der Waals surface area contributed by atoms with E-state index in [1.54, 1.807) is 0 Å². The van der Waals surface area contributed by atoms with Gasteiger partial charge in [-0.15, -0.1) is 0 Å². The molecule has 1 aromatic rings. The van der Waals surface area contributed by atoms with Gasteiger partial charge in [-0.05, 0) is 30.4 Å². The first-order valence-corrected chi connectivity index (χ1v) is 5.25. The smallest absolute Gasteiger partial charge is 0.0873 e. The molecule has 0 N–H and O–H groups in total. The number of hydrogen-bond donors (Lipinski definition) is 0. The van der Waals surface area contributed by atoms with Crippen molar-refractivity contribution in [3.63, 3.8) is 0 Å². The predicted molar refractivity (Wildman–Crippen MR) is 56.0 cm³/mol. The maximum absolute atomic E-state index is 6.00. The quantitative estimate of drug-likeness (QED) is 0.563. The van der Waals surface area contributed by atoms with Crippen molar-refractivity contribution in [1.82, 2.24) is 0 Å². The summed E-state index contributed by atoms with van der Waals surface area (Å²) in [5.41, 5.74) is 4.13. The third kappa shape index (κ3) is 1.12. The molecule has 0 aliphatic carbocycles. The molecule has 1 fully saturated rings. The molecule has 72 valence electrons. The summed E-state index contributed by atoms with van der Waals surface area (Å²) < 4.78 is 6.00. The second-order valence-electron chi connectivity index (χ2n) is 4.24. The summed E-state index contributed by atoms with van der Waals surface area (Å²) >= 11 is 0. The van der Waals surface area contributed by atoms with E-state index in [2.05, 4.69) is 30.8 Å². The first kappa shape index (κ1) is 8.25. The van der Waals surface area contributed by atoms with Crippen LogP contribution in [-0.2, 0) is 4.74 Å². The van der Waals surface area contributed by atoms with Crippen LogP contribution in [0.25, 0.3) is 0 Å². The van der Waals surface area contributed by atoms with E-state index >= 15 is 0 Å². The van der Waals surface area contributed by atoms with E-state index in [1.165, 1.54) is 16.7 Å². The summed E-state index contributed by atoms with van der Waals surface area (Å²) in [5, 5.41) is 0. The van der Waals surface area contributed by atoms with Gasteiger partial charge in [-0.2, -0.15) is 0 Å². The molecule has 0 saturated carbocycles. The average molecular weight is 186 g/mol. The van der Waals surface area contributed by atoms with Gasteiger partial charge in [0.25, 0.3) is 0 Å².